The van der Waals surface area contributed by atoms with Crippen LogP contribution in [0.5, 0.6) is 5.75 Å². The molecule has 0 unspecified atom stereocenters. The van der Waals surface area contributed by atoms with Crippen molar-refractivity contribution < 1.29 is 23.5 Å². The van der Waals surface area contributed by atoms with Gasteiger partial charge in [-0.1, -0.05) is 24.3 Å². The van der Waals surface area contributed by atoms with Crippen molar-refractivity contribution in [3.63, 3.8) is 0 Å². The summed E-state index contributed by atoms with van der Waals surface area (Å²) in [5, 5.41) is 11.4. The van der Waals surface area contributed by atoms with Crippen LogP contribution in [-0.4, -0.2) is 67.5 Å². The average Bonchev–Trinajstić information content (AvgIpc) is 3.68. The Labute approximate surface area is 246 Å². The zero-order chi connectivity index (χ0) is 30.7. The van der Waals surface area contributed by atoms with E-state index in [1.165, 1.54) is 36.6 Å². The first-order valence-corrected chi connectivity index (χ1v) is 13.7. The summed E-state index contributed by atoms with van der Waals surface area (Å²) in [4.78, 5) is 43.4. The van der Waals surface area contributed by atoms with Gasteiger partial charge in [-0.25, -0.2) is 18.9 Å². The molecule has 13 nitrogen and oxygen atoms in total. The number of rotatable bonds is 8. The Kier molecular flexibility index (Phi) is 8.36. The first kappa shape index (κ1) is 29.2. The number of ether oxygens (including phenoxy) is 1. The molecule has 2 aromatic heterocycles. The molecular formula is C29H32FN9O4. The molecule has 1 aliphatic carbocycles. The van der Waals surface area contributed by atoms with Crippen LogP contribution in [0.1, 0.15) is 58.0 Å². The summed E-state index contributed by atoms with van der Waals surface area (Å²) in [5.41, 5.74) is 14.1. The molecule has 1 fully saturated rings. The molecule has 1 saturated carbocycles. The van der Waals surface area contributed by atoms with Crippen molar-refractivity contribution in [2.75, 3.05) is 19.9 Å². The van der Waals surface area contributed by atoms with E-state index in [9.17, 15) is 18.8 Å². The monoisotopic (exact) mass is 589 g/mol. The minimum absolute atomic E-state index is 0.0881. The van der Waals surface area contributed by atoms with Crippen molar-refractivity contribution in [1.29, 1.82) is 0 Å². The summed E-state index contributed by atoms with van der Waals surface area (Å²) in [5.74, 6) is -1.31. The number of methoxy groups -OCH3 is 1. The van der Waals surface area contributed by atoms with Crippen molar-refractivity contribution in [3.05, 3.63) is 77.6 Å². The van der Waals surface area contributed by atoms with Gasteiger partial charge >= 0.3 is 6.03 Å². The van der Waals surface area contributed by atoms with Gasteiger partial charge < -0.3 is 26.4 Å². The lowest BCUT2D eigenvalue weighted by atomic mass is 9.90. The Morgan fingerprint density at radius 3 is 2.60 bits per heavy atom. The number of hydrogen-bond donors (Lipinski definition) is 3. The molecule has 1 aliphatic rings. The van der Waals surface area contributed by atoms with Gasteiger partial charge in [-0.2, -0.15) is 14.9 Å². The Balaban J connectivity index is 1.32. The van der Waals surface area contributed by atoms with E-state index in [0.717, 1.165) is 30.9 Å². The van der Waals surface area contributed by atoms with Crippen molar-refractivity contribution in [3.8, 4) is 17.0 Å². The molecule has 14 heteroatoms. The second-order valence-corrected chi connectivity index (χ2v) is 10.3. The summed E-state index contributed by atoms with van der Waals surface area (Å²) in [7, 11) is 3.13. The Bertz CT molecular complexity index is 1640. The number of anilines is 1. The van der Waals surface area contributed by atoms with Gasteiger partial charge in [0.1, 0.15) is 41.3 Å². The third-order valence-electron chi connectivity index (χ3n) is 7.71. The fourth-order valence-electron chi connectivity index (χ4n) is 5.42. The van der Waals surface area contributed by atoms with Gasteiger partial charge in [0.05, 0.1) is 18.7 Å². The first-order chi connectivity index (χ1) is 20.7. The van der Waals surface area contributed by atoms with Crippen molar-refractivity contribution in [2.45, 2.75) is 44.3 Å². The number of benzene rings is 2. The van der Waals surface area contributed by atoms with E-state index in [1.54, 1.807) is 40.9 Å². The zero-order valence-corrected chi connectivity index (χ0v) is 23.7. The second kappa shape index (κ2) is 12.3. The molecule has 0 saturated heterocycles. The maximum atomic E-state index is 13.7. The number of amides is 3. The Morgan fingerprint density at radius 1 is 1.16 bits per heavy atom. The van der Waals surface area contributed by atoms with E-state index in [0.29, 0.717) is 17.7 Å². The Hall–Kier alpha value is -5.27. The van der Waals surface area contributed by atoms with E-state index >= 15 is 0 Å². The maximum absolute atomic E-state index is 13.7. The minimum atomic E-state index is -0.704. The average molecular weight is 590 g/mol. The number of hydrogen-bond acceptors (Lipinski definition) is 8. The highest BCUT2D eigenvalue weighted by molar-refractivity contribution is 6.03. The number of nitrogens with two attached hydrogens (primary N) is 2. The van der Waals surface area contributed by atoms with Crippen LogP contribution in [0.3, 0.4) is 0 Å². The highest BCUT2D eigenvalue weighted by Gasteiger charge is 2.32. The number of nitrogens with one attached hydrogen (secondary N) is 1. The molecular weight excluding hydrogens is 557 g/mol. The van der Waals surface area contributed by atoms with Crippen LogP contribution >= 0.6 is 0 Å². The van der Waals surface area contributed by atoms with Gasteiger partial charge in [0.25, 0.3) is 11.8 Å². The molecule has 2 atom stereocenters. The smallest absolute Gasteiger partial charge is 0.346 e. The van der Waals surface area contributed by atoms with Gasteiger partial charge in [0.2, 0.25) is 0 Å². The summed E-state index contributed by atoms with van der Waals surface area (Å²) < 4.78 is 21.7. The molecule has 5 N–H and O–H groups in total. The lowest BCUT2D eigenvalue weighted by molar-refractivity contribution is 0.0946. The number of halogens is 1. The van der Waals surface area contributed by atoms with E-state index in [4.69, 9.17) is 21.3 Å². The quantitative estimate of drug-likeness (QED) is 0.281. The van der Waals surface area contributed by atoms with Gasteiger partial charge in [-0.05, 0) is 49.4 Å². The van der Waals surface area contributed by atoms with E-state index in [-0.39, 0.29) is 47.4 Å². The largest absolute Gasteiger partial charge is 0.496 e. The van der Waals surface area contributed by atoms with E-state index < -0.39 is 17.6 Å². The lowest BCUT2D eigenvalue weighted by Gasteiger charge is -2.35. The van der Waals surface area contributed by atoms with Gasteiger partial charge in [0, 0.05) is 25.2 Å². The van der Waals surface area contributed by atoms with Crippen LogP contribution in [0.25, 0.3) is 11.3 Å². The molecule has 43 heavy (non-hydrogen) atoms. The number of carbonyl (C=O) groups is 3. The molecule has 0 bridgehead atoms. The third kappa shape index (κ3) is 6.03. The molecule has 2 aromatic carbocycles. The zero-order valence-electron chi connectivity index (χ0n) is 23.7. The highest BCUT2D eigenvalue weighted by atomic mass is 19.1. The number of primary amides is 1. The number of nitrogen functional groups attached to an aromatic ring is 1. The molecule has 0 spiro atoms. The molecule has 0 aliphatic heterocycles. The number of aromatic nitrogens is 5. The third-order valence-corrected chi connectivity index (χ3v) is 7.71. The summed E-state index contributed by atoms with van der Waals surface area (Å²) in [6.07, 6.45) is 5.63. The molecule has 0 radical (unpaired) electrons. The van der Waals surface area contributed by atoms with Crippen LogP contribution in [0, 0.1) is 5.82 Å². The topological polar surface area (TPSA) is 176 Å². The van der Waals surface area contributed by atoms with Gasteiger partial charge in [-0.3, -0.25) is 9.59 Å². The summed E-state index contributed by atoms with van der Waals surface area (Å²) in [6, 6.07) is 10.3. The van der Waals surface area contributed by atoms with Crippen LogP contribution in [0.15, 0.2) is 55.1 Å². The fraction of sp³-hybridized carbons (Fsp3) is 0.310. The van der Waals surface area contributed by atoms with Crippen LogP contribution in [-0.2, 0) is 6.54 Å². The van der Waals surface area contributed by atoms with E-state index in [2.05, 4.69) is 15.4 Å². The molecule has 4 aromatic rings. The second-order valence-electron chi connectivity index (χ2n) is 10.3. The summed E-state index contributed by atoms with van der Waals surface area (Å²) in [6.45, 7) is 0.169. The standard InChI is InChI=1S/C29H32FN9O4/c1-37(29(42)38-16-33-15-35-38)20-4-3-5-21(13-20)39-26(31)24(27(32)40)25(36-39)18-8-6-17(7-9-18)14-34-28(41)22-12-19(30)10-11-23(22)43-2/h6-12,15-16,20-21H,3-5,13-14,31H2,1-2H3,(H2,32,40)(H,34,41)/t20-,21-/m0/s1. The summed E-state index contributed by atoms with van der Waals surface area (Å²) >= 11 is 0. The number of nitrogens with zero attached hydrogens (tertiary/aromatic N) is 6. The molecule has 2 heterocycles. The van der Waals surface area contributed by atoms with Crippen LogP contribution in [0.4, 0.5) is 15.0 Å². The SMILES string of the molecule is COc1ccc(F)cc1C(=O)NCc1ccc(-c2nn([C@H]3CCC[C@H](N(C)C(=O)n4cncn4)C3)c(N)c2C(N)=O)cc1. The van der Waals surface area contributed by atoms with Crippen molar-refractivity contribution >= 4 is 23.7 Å². The number of carbonyl (C=O) groups excluding carboxylic acids is 3. The van der Waals surface area contributed by atoms with Crippen molar-refractivity contribution in [2.24, 2.45) is 5.73 Å². The fourth-order valence-corrected chi connectivity index (χ4v) is 5.42. The normalized spacial score (nSPS) is 16.4. The lowest BCUT2D eigenvalue weighted by Crippen LogP contribution is -2.43. The Morgan fingerprint density at radius 2 is 1.93 bits per heavy atom. The van der Waals surface area contributed by atoms with E-state index in [1.807, 2.05) is 0 Å². The van der Waals surface area contributed by atoms with Crippen molar-refractivity contribution in [1.82, 2.24) is 34.8 Å². The molecule has 224 valence electrons. The maximum Gasteiger partial charge on any atom is 0.346 e. The highest BCUT2D eigenvalue weighted by Crippen LogP contribution is 2.36. The molecule has 5 rings (SSSR count). The minimum Gasteiger partial charge on any atom is -0.496 e. The van der Waals surface area contributed by atoms with Gasteiger partial charge in [0.15, 0.2) is 0 Å². The molecule has 3 amide bonds. The predicted molar refractivity (Wildman–Crippen MR) is 155 cm³/mol. The van der Waals surface area contributed by atoms with Gasteiger partial charge in [-0.15, -0.1) is 0 Å². The van der Waals surface area contributed by atoms with Crippen LogP contribution in [0.2, 0.25) is 0 Å². The first-order valence-electron chi connectivity index (χ1n) is 13.7. The van der Waals surface area contributed by atoms with Crippen LogP contribution < -0.4 is 21.5 Å². The predicted octanol–water partition coefficient (Wildman–Crippen LogP) is 2.98.